The largest absolute Gasteiger partial charge is 0.374 e. The maximum Gasteiger partial charge on any atom is 0.237 e. The summed E-state index contributed by atoms with van der Waals surface area (Å²) in [5, 5.41) is 6.49. The van der Waals surface area contributed by atoms with Crippen LogP contribution in [-0.4, -0.2) is 62.3 Å². The number of morpholine rings is 1. The molecule has 0 aromatic carbocycles. The van der Waals surface area contributed by atoms with Crippen molar-refractivity contribution in [3.63, 3.8) is 0 Å². The Hall–Kier alpha value is -0.650. The van der Waals surface area contributed by atoms with E-state index < -0.39 is 0 Å². The summed E-state index contributed by atoms with van der Waals surface area (Å²) >= 11 is 0. The number of carbonyl (C=O) groups excluding carboxylic acids is 1. The summed E-state index contributed by atoms with van der Waals surface area (Å²) in [6.07, 6.45) is 4.89. The number of nitrogens with zero attached hydrogens (tertiary/aromatic N) is 1. The van der Waals surface area contributed by atoms with E-state index in [4.69, 9.17) is 4.74 Å². The molecule has 5 nitrogen and oxygen atoms in total. The van der Waals surface area contributed by atoms with Gasteiger partial charge in [0.15, 0.2) is 0 Å². The summed E-state index contributed by atoms with van der Waals surface area (Å²) < 4.78 is 5.70. The van der Waals surface area contributed by atoms with E-state index in [2.05, 4.69) is 29.5 Å². The van der Waals surface area contributed by atoms with E-state index in [-0.39, 0.29) is 18.1 Å². The standard InChI is InChI=1S/C16H31N3O2/c1-12-4-6-14(7-5-12)18-16(20)13(2)17-10-15-11-19(3)8-9-21-15/h12-15,17H,4-11H2,1-3H3,(H,18,20)/t12?,13-,14?,15+/m0/s1. The average Bonchev–Trinajstić information content (AvgIpc) is 2.47. The Kier molecular flexibility index (Phi) is 6.45. The fourth-order valence-electron chi connectivity index (χ4n) is 3.12. The van der Waals surface area contributed by atoms with Gasteiger partial charge in [-0.25, -0.2) is 0 Å². The molecule has 0 bridgehead atoms. The van der Waals surface area contributed by atoms with Gasteiger partial charge in [-0.2, -0.15) is 0 Å². The lowest BCUT2D eigenvalue weighted by Crippen LogP contribution is -2.51. The van der Waals surface area contributed by atoms with Crippen LogP contribution in [-0.2, 0) is 9.53 Å². The highest BCUT2D eigenvalue weighted by Crippen LogP contribution is 2.23. The highest BCUT2D eigenvalue weighted by molar-refractivity contribution is 5.81. The first kappa shape index (κ1) is 16.7. The first-order valence-electron chi connectivity index (χ1n) is 8.38. The van der Waals surface area contributed by atoms with Crippen LogP contribution >= 0.6 is 0 Å². The third kappa shape index (κ3) is 5.57. The van der Waals surface area contributed by atoms with Gasteiger partial charge < -0.3 is 20.3 Å². The minimum atomic E-state index is -0.153. The lowest BCUT2D eigenvalue weighted by Gasteiger charge is -2.31. The third-order valence-electron chi connectivity index (χ3n) is 4.75. The fraction of sp³-hybridized carbons (Fsp3) is 0.938. The molecule has 122 valence electrons. The molecule has 0 unspecified atom stereocenters. The summed E-state index contributed by atoms with van der Waals surface area (Å²) in [4.78, 5) is 14.5. The minimum Gasteiger partial charge on any atom is -0.374 e. The van der Waals surface area contributed by atoms with Crippen LogP contribution in [0.2, 0.25) is 0 Å². The molecule has 1 saturated heterocycles. The lowest BCUT2D eigenvalue weighted by atomic mass is 9.87. The van der Waals surface area contributed by atoms with Gasteiger partial charge in [0.25, 0.3) is 0 Å². The number of rotatable bonds is 5. The molecule has 1 aliphatic carbocycles. The average molecular weight is 297 g/mol. The molecule has 2 aliphatic rings. The molecule has 2 atom stereocenters. The smallest absolute Gasteiger partial charge is 0.237 e. The number of hydrogen-bond acceptors (Lipinski definition) is 4. The van der Waals surface area contributed by atoms with Crippen LogP contribution in [0.25, 0.3) is 0 Å². The molecule has 5 heteroatoms. The molecule has 1 heterocycles. The van der Waals surface area contributed by atoms with Gasteiger partial charge in [-0.05, 0) is 45.6 Å². The van der Waals surface area contributed by atoms with E-state index in [1.807, 2.05) is 6.92 Å². The van der Waals surface area contributed by atoms with Crippen LogP contribution in [0.4, 0.5) is 0 Å². The molecular formula is C16H31N3O2. The summed E-state index contributed by atoms with van der Waals surface area (Å²) in [6, 6.07) is 0.218. The lowest BCUT2D eigenvalue weighted by molar-refractivity contribution is -0.124. The van der Waals surface area contributed by atoms with E-state index in [1.165, 1.54) is 12.8 Å². The van der Waals surface area contributed by atoms with E-state index in [1.54, 1.807) is 0 Å². The zero-order valence-corrected chi connectivity index (χ0v) is 13.7. The van der Waals surface area contributed by atoms with Gasteiger partial charge in [-0.3, -0.25) is 4.79 Å². The molecular weight excluding hydrogens is 266 g/mol. The quantitative estimate of drug-likeness (QED) is 0.794. The first-order valence-corrected chi connectivity index (χ1v) is 8.38. The van der Waals surface area contributed by atoms with Gasteiger partial charge in [0.05, 0.1) is 18.8 Å². The molecule has 1 amide bonds. The van der Waals surface area contributed by atoms with Crippen molar-refractivity contribution in [2.24, 2.45) is 5.92 Å². The highest BCUT2D eigenvalue weighted by atomic mass is 16.5. The number of carbonyl (C=O) groups is 1. The fourth-order valence-corrected chi connectivity index (χ4v) is 3.12. The van der Waals surface area contributed by atoms with Crippen molar-refractivity contribution < 1.29 is 9.53 Å². The molecule has 0 spiro atoms. The van der Waals surface area contributed by atoms with E-state index >= 15 is 0 Å². The Morgan fingerprint density at radius 1 is 1.33 bits per heavy atom. The zero-order chi connectivity index (χ0) is 15.2. The summed E-state index contributed by atoms with van der Waals surface area (Å²) in [5.74, 6) is 0.938. The van der Waals surface area contributed by atoms with E-state index in [9.17, 15) is 4.79 Å². The molecule has 2 rings (SSSR count). The topological polar surface area (TPSA) is 53.6 Å². The number of hydrogen-bond donors (Lipinski definition) is 2. The van der Waals surface area contributed by atoms with Gasteiger partial charge in [0.1, 0.15) is 0 Å². The van der Waals surface area contributed by atoms with Crippen LogP contribution < -0.4 is 10.6 Å². The molecule has 0 radical (unpaired) electrons. The van der Waals surface area contributed by atoms with Crippen LogP contribution in [0, 0.1) is 5.92 Å². The second kappa shape index (κ2) is 8.11. The van der Waals surface area contributed by atoms with Crippen LogP contribution in [0.15, 0.2) is 0 Å². The van der Waals surface area contributed by atoms with Crippen LogP contribution in [0.3, 0.4) is 0 Å². The second-order valence-electron chi connectivity index (χ2n) is 6.85. The van der Waals surface area contributed by atoms with Gasteiger partial charge in [-0.15, -0.1) is 0 Å². The number of nitrogens with one attached hydrogen (secondary N) is 2. The van der Waals surface area contributed by atoms with Crippen molar-refractivity contribution >= 4 is 5.91 Å². The number of likely N-dealkylation sites (N-methyl/N-ethyl adjacent to an activating group) is 1. The maximum atomic E-state index is 12.2. The van der Waals surface area contributed by atoms with Crippen LogP contribution in [0.5, 0.6) is 0 Å². The van der Waals surface area contributed by atoms with Gasteiger partial charge >= 0.3 is 0 Å². The maximum absolute atomic E-state index is 12.2. The molecule has 2 N–H and O–H groups in total. The first-order chi connectivity index (χ1) is 10.0. The van der Waals surface area contributed by atoms with E-state index in [0.29, 0.717) is 6.04 Å². The monoisotopic (exact) mass is 297 g/mol. The Labute approximate surface area is 128 Å². The minimum absolute atomic E-state index is 0.124. The normalized spacial score (nSPS) is 32.6. The van der Waals surface area contributed by atoms with Crippen molar-refractivity contribution in [1.29, 1.82) is 0 Å². The molecule has 0 aromatic rings. The van der Waals surface area contributed by atoms with Crippen molar-refractivity contribution in [3.8, 4) is 0 Å². The Morgan fingerprint density at radius 3 is 2.71 bits per heavy atom. The molecule has 1 aliphatic heterocycles. The Bertz CT molecular complexity index is 329. The van der Waals surface area contributed by atoms with Crippen molar-refractivity contribution in [3.05, 3.63) is 0 Å². The molecule has 1 saturated carbocycles. The van der Waals surface area contributed by atoms with Gasteiger partial charge in [0.2, 0.25) is 5.91 Å². The predicted octanol–water partition coefficient (Wildman–Crippen LogP) is 0.990. The number of ether oxygens (including phenoxy) is 1. The van der Waals surface area contributed by atoms with Crippen molar-refractivity contribution in [2.45, 2.75) is 57.7 Å². The number of amides is 1. The highest BCUT2D eigenvalue weighted by Gasteiger charge is 2.23. The van der Waals surface area contributed by atoms with Crippen molar-refractivity contribution in [1.82, 2.24) is 15.5 Å². The van der Waals surface area contributed by atoms with Gasteiger partial charge in [-0.1, -0.05) is 6.92 Å². The Morgan fingerprint density at radius 2 is 2.05 bits per heavy atom. The predicted molar refractivity (Wildman–Crippen MR) is 84.3 cm³/mol. The summed E-state index contributed by atoms with van der Waals surface area (Å²) in [6.45, 7) is 7.68. The van der Waals surface area contributed by atoms with E-state index in [0.717, 1.165) is 45.0 Å². The SMILES string of the molecule is CC1CCC(NC(=O)[C@H](C)NC[C@@H]2CN(C)CCO2)CC1. The molecule has 0 aromatic heterocycles. The van der Waals surface area contributed by atoms with Crippen molar-refractivity contribution in [2.75, 3.05) is 33.3 Å². The molecule has 21 heavy (non-hydrogen) atoms. The second-order valence-corrected chi connectivity index (χ2v) is 6.85. The summed E-state index contributed by atoms with van der Waals surface area (Å²) in [7, 11) is 2.11. The Balaban J connectivity index is 1.65. The summed E-state index contributed by atoms with van der Waals surface area (Å²) in [5.41, 5.74) is 0. The zero-order valence-electron chi connectivity index (χ0n) is 13.7. The van der Waals surface area contributed by atoms with Gasteiger partial charge in [0, 0.05) is 25.7 Å². The van der Waals surface area contributed by atoms with Crippen LogP contribution in [0.1, 0.15) is 39.5 Å². The molecule has 2 fully saturated rings. The third-order valence-corrected chi connectivity index (χ3v) is 4.75.